The molecule has 4 nitrogen and oxygen atoms in total. The van der Waals surface area contributed by atoms with Crippen molar-refractivity contribution in [3.8, 4) is 0 Å². The van der Waals surface area contributed by atoms with Gasteiger partial charge in [-0.2, -0.15) is 0 Å². The van der Waals surface area contributed by atoms with Crippen LogP contribution in [0.3, 0.4) is 0 Å². The number of rotatable bonds is 5. The Labute approximate surface area is 153 Å². The quantitative estimate of drug-likeness (QED) is 0.772. The molecule has 5 heteroatoms. The summed E-state index contributed by atoms with van der Waals surface area (Å²) in [7, 11) is 1.76. The van der Waals surface area contributed by atoms with Crippen molar-refractivity contribution >= 4 is 17.7 Å². The minimum atomic E-state index is -0.312. The Kier molecular flexibility index (Phi) is 6.02. The second-order valence-electron chi connectivity index (χ2n) is 6.35. The third-order valence-corrected chi connectivity index (χ3v) is 4.38. The molecule has 0 N–H and O–H groups in total. The average Bonchev–Trinajstić information content (AvgIpc) is 2.67. The molecule has 0 atom stereocenters. The highest BCUT2D eigenvalue weighted by atomic mass is 19.1. The van der Waals surface area contributed by atoms with Crippen molar-refractivity contribution in [1.29, 1.82) is 0 Å². The van der Waals surface area contributed by atoms with Crippen LogP contribution < -0.4 is 4.90 Å². The van der Waals surface area contributed by atoms with Crippen LogP contribution in [0, 0.1) is 5.82 Å². The number of carbonyl (C=O) groups excluding carboxylic acids is 1. The largest absolute Gasteiger partial charge is 0.378 e. The van der Waals surface area contributed by atoms with Crippen molar-refractivity contribution in [3.05, 3.63) is 71.6 Å². The van der Waals surface area contributed by atoms with Crippen LogP contribution in [0.1, 0.15) is 11.1 Å². The molecule has 0 radical (unpaired) electrons. The molecule has 1 heterocycles. The van der Waals surface area contributed by atoms with Gasteiger partial charge in [-0.1, -0.05) is 24.3 Å². The number of anilines is 1. The van der Waals surface area contributed by atoms with Gasteiger partial charge in [0.05, 0.1) is 13.2 Å². The monoisotopic (exact) mass is 354 g/mol. The fourth-order valence-corrected chi connectivity index (χ4v) is 2.89. The average molecular weight is 354 g/mol. The molecular weight excluding hydrogens is 331 g/mol. The number of nitrogens with zero attached hydrogens (tertiary/aromatic N) is 2. The van der Waals surface area contributed by atoms with E-state index in [-0.39, 0.29) is 11.7 Å². The van der Waals surface area contributed by atoms with E-state index in [0.717, 1.165) is 31.9 Å². The molecule has 136 valence electrons. The Morgan fingerprint density at radius 1 is 1.19 bits per heavy atom. The van der Waals surface area contributed by atoms with Gasteiger partial charge in [0.15, 0.2) is 0 Å². The van der Waals surface area contributed by atoms with Gasteiger partial charge in [-0.05, 0) is 41.5 Å². The van der Waals surface area contributed by atoms with E-state index in [4.69, 9.17) is 4.74 Å². The summed E-state index contributed by atoms with van der Waals surface area (Å²) in [6, 6.07) is 14.4. The molecule has 1 saturated heterocycles. The van der Waals surface area contributed by atoms with E-state index in [1.807, 2.05) is 12.1 Å². The number of amides is 1. The SMILES string of the molecule is CN(Cc1ccc(N2CCOCC2)cc1)C(=O)/C=C/c1cccc(F)c1. The summed E-state index contributed by atoms with van der Waals surface area (Å²) >= 11 is 0. The van der Waals surface area contributed by atoms with E-state index in [9.17, 15) is 9.18 Å². The Morgan fingerprint density at radius 3 is 2.62 bits per heavy atom. The van der Waals surface area contributed by atoms with E-state index in [0.29, 0.717) is 12.1 Å². The molecule has 0 saturated carbocycles. The van der Waals surface area contributed by atoms with E-state index in [2.05, 4.69) is 17.0 Å². The molecule has 2 aromatic carbocycles. The Balaban J connectivity index is 1.56. The molecule has 1 fully saturated rings. The van der Waals surface area contributed by atoms with Gasteiger partial charge in [0, 0.05) is 38.4 Å². The molecule has 1 amide bonds. The van der Waals surface area contributed by atoms with Gasteiger partial charge >= 0.3 is 0 Å². The standard InChI is InChI=1S/C21H23FN2O2/c1-23(21(25)10-7-17-3-2-4-19(22)15-17)16-18-5-8-20(9-6-18)24-11-13-26-14-12-24/h2-10,15H,11-14,16H2,1H3/b10-7+. The molecule has 2 aromatic rings. The van der Waals surface area contributed by atoms with Crippen molar-refractivity contribution in [2.24, 2.45) is 0 Å². The van der Waals surface area contributed by atoms with E-state index < -0.39 is 0 Å². The van der Waals surface area contributed by atoms with Crippen molar-refractivity contribution in [2.45, 2.75) is 6.54 Å². The first-order valence-corrected chi connectivity index (χ1v) is 8.72. The molecular formula is C21H23FN2O2. The first-order chi connectivity index (χ1) is 12.6. The Morgan fingerprint density at radius 2 is 1.92 bits per heavy atom. The van der Waals surface area contributed by atoms with Gasteiger partial charge in [0.2, 0.25) is 5.91 Å². The number of likely N-dealkylation sites (N-methyl/N-ethyl adjacent to an activating group) is 1. The number of ether oxygens (including phenoxy) is 1. The van der Waals surface area contributed by atoms with Crippen LogP contribution in [0.2, 0.25) is 0 Å². The highest BCUT2D eigenvalue weighted by Gasteiger charge is 2.11. The van der Waals surface area contributed by atoms with Crippen LogP contribution in [-0.4, -0.2) is 44.2 Å². The molecule has 26 heavy (non-hydrogen) atoms. The van der Waals surface area contributed by atoms with Crippen molar-refractivity contribution in [3.63, 3.8) is 0 Å². The zero-order valence-electron chi connectivity index (χ0n) is 14.9. The smallest absolute Gasteiger partial charge is 0.246 e. The van der Waals surface area contributed by atoms with Gasteiger partial charge in [0.25, 0.3) is 0 Å². The lowest BCUT2D eigenvalue weighted by Crippen LogP contribution is -2.36. The lowest BCUT2D eigenvalue weighted by Gasteiger charge is -2.29. The first kappa shape index (κ1) is 18.1. The molecule has 1 aliphatic rings. The summed E-state index contributed by atoms with van der Waals surface area (Å²) in [6.07, 6.45) is 3.10. The summed E-state index contributed by atoms with van der Waals surface area (Å²) in [6.45, 7) is 3.86. The maximum absolute atomic E-state index is 13.2. The zero-order chi connectivity index (χ0) is 18.4. The molecule has 0 unspecified atom stereocenters. The third kappa shape index (κ3) is 4.92. The van der Waals surface area contributed by atoms with E-state index in [1.54, 1.807) is 30.2 Å². The van der Waals surface area contributed by atoms with Crippen LogP contribution >= 0.6 is 0 Å². The molecule has 3 rings (SSSR count). The fourth-order valence-electron chi connectivity index (χ4n) is 2.89. The molecule has 0 aliphatic carbocycles. The van der Waals surface area contributed by atoms with Crippen LogP contribution in [0.25, 0.3) is 6.08 Å². The van der Waals surface area contributed by atoms with Gasteiger partial charge in [0.1, 0.15) is 5.82 Å². The van der Waals surface area contributed by atoms with Crippen molar-refractivity contribution in [2.75, 3.05) is 38.3 Å². The van der Waals surface area contributed by atoms with Gasteiger partial charge in [-0.3, -0.25) is 4.79 Å². The number of hydrogen-bond acceptors (Lipinski definition) is 3. The molecule has 0 aromatic heterocycles. The topological polar surface area (TPSA) is 32.8 Å². The Bertz CT molecular complexity index is 768. The number of hydrogen-bond donors (Lipinski definition) is 0. The minimum Gasteiger partial charge on any atom is -0.378 e. The van der Waals surface area contributed by atoms with Crippen LogP contribution in [0.15, 0.2) is 54.6 Å². The van der Waals surface area contributed by atoms with Gasteiger partial charge in [-0.15, -0.1) is 0 Å². The molecule has 0 spiro atoms. The lowest BCUT2D eigenvalue weighted by atomic mass is 10.1. The molecule has 0 bridgehead atoms. The number of benzene rings is 2. The van der Waals surface area contributed by atoms with Crippen LogP contribution in [-0.2, 0) is 16.1 Å². The van der Waals surface area contributed by atoms with Gasteiger partial charge in [-0.25, -0.2) is 4.39 Å². The summed E-state index contributed by atoms with van der Waals surface area (Å²) < 4.78 is 18.5. The Hall–Kier alpha value is -2.66. The third-order valence-electron chi connectivity index (χ3n) is 4.38. The zero-order valence-corrected chi connectivity index (χ0v) is 14.9. The summed E-state index contributed by atoms with van der Waals surface area (Å²) in [5, 5.41) is 0. The van der Waals surface area contributed by atoms with Gasteiger partial charge < -0.3 is 14.5 Å². The normalized spacial score (nSPS) is 14.6. The van der Waals surface area contributed by atoms with Crippen molar-refractivity contribution in [1.82, 2.24) is 4.90 Å². The number of halogens is 1. The predicted octanol–water partition coefficient (Wildman–Crippen LogP) is 3.33. The van der Waals surface area contributed by atoms with Crippen LogP contribution in [0.4, 0.5) is 10.1 Å². The highest BCUT2D eigenvalue weighted by Crippen LogP contribution is 2.17. The maximum Gasteiger partial charge on any atom is 0.246 e. The maximum atomic E-state index is 13.2. The second kappa shape index (κ2) is 8.63. The van der Waals surface area contributed by atoms with E-state index >= 15 is 0 Å². The number of carbonyl (C=O) groups is 1. The first-order valence-electron chi connectivity index (χ1n) is 8.72. The summed E-state index contributed by atoms with van der Waals surface area (Å²) in [5.74, 6) is -0.431. The van der Waals surface area contributed by atoms with Crippen LogP contribution in [0.5, 0.6) is 0 Å². The summed E-state index contributed by atoms with van der Waals surface area (Å²) in [4.78, 5) is 16.2. The van der Waals surface area contributed by atoms with E-state index in [1.165, 1.54) is 23.9 Å². The lowest BCUT2D eigenvalue weighted by molar-refractivity contribution is -0.125. The summed E-state index contributed by atoms with van der Waals surface area (Å²) in [5.41, 5.74) is 2.91. The minimum absolute atomic E-state index is 0.119. The molecule has 1 aliphatic heterocycles. The fraction of sp³-hybridized carbons (Fsp3) is 0.286. The highest BCUT2D eigenvalue weighted by molar-refractivity contribution is 5.91. The number of morpholine rings is 1. The second-order valence-corrected chi connectivity index (χ2v) is 6.35. The predicted molar refractivity (Wildman–Crippen MR) is 101 cm³/mol. The van der Waals surface area contributed by atoms with Crippen molar-refractivity contribution < 1.29 is 13.9 Å².